The molecule has 0 radical (unpaired) electrons. The Labute approximate surface area is 447 Å². The van der Waals surface area contributed by atoms with Crippen LogP contribution in [0.15, 0.2) is 146 Å². The molecule has 1 amide bonds. The Balaban J connectivity index is 0.000000158. The van der Waals surface area contributed by atoms with E-state index in [1.807, 2.05) is 128 Å². The van der Waals surface area contributed by atoms with Crippen molar-refractivity contribution in [3.63, 3.8) is 0 Å². The SMILES string of the molecule is CCOC(=O)[C@@H]1N[C@H](c2ccc3c(c2)OCO3)c2[nH]c3ccccc3c2[C@@H]1c1ccccc1.CCOC(=O)[C@H]1[C@@H](c2ccccc2)c2c([nH]c3ccccc23)[C@@H](c2ccc3c(c2)OCO3)N1C(=O)CCl.O=C(Cl)CCl. The van der Waals surface area contributed by atoms with Crippen LogP contribution in [-0.4, -0.2) is 88.6 Å². The van der Waals surface area contributed by atoms with Crippen molar-refractivity contribution < 1.29 is 47.6 Å². The molecule has 0 saturated heterocycles. The number of esters is 2. The summed E-state index contributed by atoms with van der Waals surface area (Å²) in [5.74, 6) is 0.528. The van der Waals surface area contributed by atoms with Crippen molar-refractivity contribution >= 4 is 79.7 Å². The summed E-state index contributed by atoms with van der Waals surface area (Å²) >= 11 is 15.7. The number of H-pyrrole nitrogens is 2. The average Bonchev–Trinajstić information content (AvgIpc) is 4.30. The zero-order valence-electron chi connectivity index (χ0n) is 40.7. The summed E-state index contributed by atoms with van der Waals surface area (Å²) in [6.07, 6.45) is 0. The van der Waals surface area contributed by atoms with Gasteiger partial charge < -0.3 is 43.3 Å². The van der Waals surface area contributed by atoms with Gasteiger partial charge in [0.15, 0.2) is 23.0 Å². The van der Waals surface area contributed by atoms with E-state index in [4.69, 9.17) is 63.2 Å². The molecule has 0 aliphatic carbocycles. The number of amides is 1. The van der Waals surface area contributed by atoms with Gasteiger partial charge in [-0.2, -0.15) is 0 Å². The maximum atomic E-state index is 13.7. The van der Waals surface area contributed by atoms with Gasteiger partial charge in [0.2, 0.25) is 24.7 Å². The Morgan fingerprint density at radius 3 is 1.60 bits per heavy atom. The van der Waals surface area contributed by atoms with Gasteiger partial charge in [0.25, 0.3) is 0 Å². The summed E-state index contributed by atoms with van der Waals surface area (Å²) in [7, 11) is 0. The van der Waals surface area contributed by atoms with Gasteiger partial charge in [-0.05, 0) is 95.2 Å². The third kappa shape index (κ3) is 9.98. The first-order valence-corrected chi connectivity index (χ1v) is 25.9. The van der Waals surface area contributed by atoms with Crippen LogP contribution in [0.1, 0.15) is 82.5 Å². The lowest BCUT2D eigenvalue weighted by Gasteiger charge is -2.45. The lowest BCUT2D eigenvalue weighted by molar-refractivity contribution is -0.157. The molecule has 4 aliphatic rings. The number of aromatic amines is 2. The predicted octanol–water partition coefficient (Wildman–Crippen LogP) is 10.8. The van der Waals surface area contributed by atoms with Gasteiger partial charge in [-0.3, -0.25) is 19.7 Å². The molecule has 17 heteroatoms. The van der Waals surface area contributed by atoms with Crippen LogP contribution in [0.3, 0.4) is 0 Å². The number of nitrogens with zero attached hydrogens (tertiary/aromatic N) is 1. The number of fused-ring (bicyclic) bond motifs is 8. The summed E-state index contributed by atoms with van der Waals surface area (Å²) in [6.45, 7) is 4.47. The van der Waals surface area contributed by atoms with Crippen molar-refractivity contribution in [2.45, 2.75) is 49.9 Å². The van der Waals surface area contributed by atoms with Crippen molar-refractivity contribution in [3.05, 3.63) is 190 Å². The monoisotopic (exact) mass is 1070 g/mol. The highest BCUT2D eigenvalue weighted by molar-refractivity contribution is 6.67. The molecule has 3 N–H and O–H groups in total. The Morgan fingerprint density at radius 2 is 1.04 bits per heavy atom. The molecule has 0 bridgehead atoms. The third-order valence-electron chi connectivity index (χ3n) is 13.6. The Morgan fingerprint density at radius 1 is 0.560 bits per heavy atom. The van der Waals surface area contributed by atoms with E-state index in [2.05, 4.69) is 39.6 Å². The number of hydrogen-bond donors (Lipinski definition) is 3. The van der Waals surface area contributed by atoms with Crippen molar-refractivity contribution in [1.82, 2.24) is 20.2 Å². The van der Waals surface area contributed by atoms with Crippen molar-refractivity contribution in [1.29, 1.82) is 0 Å². The summed E-state index contributed by atoms with van der Waals surface area (Å²) in [4.78, 5) is 58.9. The number of carbonyl (C=O) groups is 4. The van der Waals surface area contributed by atoms with Crippen LogP contribution in [0.4, 0.5) is 0 Å². The smallest absolute Gasteiger partial charge is 0.329 e. The number of ether oxygens (including phenoxy) is 6. The molecule has 0 fully saturated rings. The first-order valence-electron chi connectivity index (χ1n) is 24.4. The van der Waals surface area contributed by atoms with E-state index in [0.29, 0.717) is 23.9 Å². The van der Waals surface area contributed by atoms with Crippen LogP contribution in [0.25, 0.3) is 21.8 Å². The second kappa shape index (κ2) is 22.5. The summed E-state index contributed by atoms with van der Waals surface area (Å²) < 4.78 is 33.4. The van der Waals surface area contributed by atoms with Gasteiger partial charge in [-0.25, -0.2) is 4.79 Å². The highest BCUT2D eigenvalue weighted by atomic mass is 35.5. The van der Waals surface area contributed by atoms with Crippen LogP contribution in [-0.2, 0) is 28.7 Å². The second-order valence-corrected chi connectivity index (χ2v) is 18.8. The van der Waals surface area contributed by atoms with E-state index in [0.717, 1.165) is 72.3 Å². The summed E-state index contributed by atoms with van der Waals surface area (Å²) in [5.41, 5.74) is 9.66. The van der Waals surface area contributed by atoms with Gasteiger partial charge in [0.05, 0.1) is 31.2 Å². The van der Waals surface area contributed by atoms with Gasteiger partial charge >= 0.3 is 11.9 Å². The number of rotatable bonds is 10. The van der Waals surface area contributed by atoms with E-state index in [1.165, 1.54) is 0 Å². The minimum absolute atomic E-state index is 0.0957. The fourth-order valence-electron chi connectivity index (χ4n) is 10.7. The largest absolute Gasteiger partial charge is 0.465 e. The van der Waals surface area contributed by atoms with E-state index in [1.54, 1.807) is 11.8 Å². The molecule has 6 aromatic carbocycles. The number of benzene rings is 6. The molecule has 8 aromatic rings. The van der Waals surface area contributed by atoms with E-state index >= 15 is 0 Å². The number of halogens is 3. The van der Waals surface area contributed by atoms with Crippen LogP contribution >= 0.6 is 34.8 Å². The first kappa shape index (κ1) is 51.0. The minimum atomic E-state index is -0.935. The molecule has 4 aliphatic heterocycles. The zero-order chi connectivity index (χ0) is 52.2. The van der Waals surface area contributed by atoms with Gasteiger partial charge in [0.1, 0.15) is 18.0 Å². The summed E-state index contributed by atoms with van der Waals surface area (Å²) in [6, 6.07) is 45.3. The molecule has 14 nitrogen and oxygen atoms in total. The van der Waals surface area contributed by atoms with Crippen molar-refractivity contribution in [3.8, 4) is 23.0 Å². The van der Waals surface area contributed by atoms with Crippen LogP contribution in [0, 0.1) is 0 Å². The number of para-hydroxylation sites is 2. The fraction of sp³-hybridized carbons (Fsp3) is 0.241. The molecule has 6 heterocycles. The predicted molar refractivity (Wildman–Crippen MR) is 285 cm³/mol. The number of alkyl halides is 2. The van der Waals surface area contributed by atoms with Crippen LogP contribution in [0.5, 0.6) is 23.0 Å². The molecule has 2 aromatic heterocycles. The number of carbonyl (C=O) groups excluding carboxylic acids is 4. The first-order chi connectivity index (χ1) is 36.6. The number of aromatic nitrogens is 2. The highest BCUT2D eigenvalue weighted by Crippen LogP contribution is 2.51. The van der Waals surface area contributed by atoms with E-state index in [9.17, 15) is 19.2 Å². The highest BCUT2D eigenvalue weighted by Gasteiger charge is 2.50. The minimum Gasteiger partial charge on any atom is -0.465 e. The molecule has 0 saturated carbocycles. The Kier molecular flexibility index (Phi) is 15.3. The Hall–Kier alpha value is -7.49. The van der Waals surface area contributed by atoms with Crippen LogP contribution < -0.4 is 24.3 Å². The molecule has 12 rings (SSSR count). The third-order valence-corrected chi connectivity index (χ3v) is 14.4. The molecule has 75 heavy (non-hydrogen) atoms. The van der Waals surface area contributed by atoms with Crippen molar-refractivity contribution in [2.24, 2.45) is 0 Å². The zero-order valence-corrected chi connectivity index (χ0v) is 43.0. The molecule has 384 valence electrons. The maximum Gasteiger partial charge on any atom is 0.329 e. The van der Waals surface area contributed by atoms with Gasteiger partial charge in [-0.1, -0.05) is 109 Å². The quantitative estimate of drug-likeness (QED) is 0.0677. The molecule has 0 spiro atoms. The summed E-state index contributed by atoms with van der Waals surface area (Å²) in [5, 5.41) is 5.21. The molecule has 0 unspecified atom stereocenters. The average molecular weight is 1070 g/mol. The van der Waals surface area contributed by atoms with Crippen molar-refractivity contribution in [2.75, 3.05) is 38.6 Å². The van der Waals surface area contributed by atoms with Gasteiger partial charge in [-0.15, -0.1) is 23.2 Å². The standard InChI is InChI=1S/C29H25ClN2O5.C27H24N2O4.C2H2Cl2O/c1-2-35-29(34)28-24(17-8-4-3-5-9-17)25-19-10-6-7-11-20(19)31-26(25)27(32(28)23(33)15-30)18-12-13-21-22(14-18)37-16-36-21;1-2-31-27(30)26-22(16-8-4-3-5-9-16)23-18-10-6-7-11-19(18)28-25(23)24(29-26)17-12-13-20-21(14-17)33-15-32-20;3-1-2(4)5/h3-14,24,27-28,31H,2,15-16H2,1H3;3-14,22,24,26,28-29H,2,15H2,1H3;1H2/t24-,27+,28+;22-,24+,26+;/m00./s1. The molecular formula is C58H51Cl3N4O10. The van der Waals surface area contributed by atoms with E-state index in [-0.39, 0.29) is 55.8 Å². The maximum absolute atomic E-state index is 13.7. The fourth-order valence-corrected chi connectivity index (χ4v) is 10.8. The lowest BCUT2D eigenvalue weighted by Crippen LogP contribution is -2.54. The topological polar surface area (TPSA) is 171 Å². The molecular weight excluding hydrogens is 1020 g/mol. The normalized spacial score (nSPS) is 19.7. The number of nitrogens with one attached hydrogen (secondary N) is 3. The van der Waals surface area contributed by atoms with Crippen LogP contribution in [0.2, 0.25) is 0 Å². The second-order valence-electron chi connectivity index (χ2n) is 17.9. The number of hydrogen-bond acceptors (Lipinski definition) is 11. The lowest BCUT2D eigenvalue weighted by atomic mass is 9.76. The van der Waals surface area contributed by atoms with Gasteiger partial charge in [0, 0.05) is 45.0 Å². The molecule has 6 atom stereocenters. The Bertz CT molecular complexity index is 3390. The van der Waals surface area contributed by atoms with E-state index < -0.39 is 35.3 Å².